The van der Waals surface area contributed by atoms with Crippen molar-refractivity contribution in [3.63, 3.8) is 0 Å². The summed E-state index contributed by atoms with van der Waals surface area (Å²) in [5.74, 6) is -0.343. The number of amidine groups is 1. The molecule has 2 aromatic rings. The van der Waals surface area contributed by atoms with Gasteiger partial charge in [0.15, 0.2) is 12.1 Å². The Hall–Kier alpha value is -3.20. The van der Waals surface area contributed by atoms with E-state index in [0.717, 1.165) is 31.9 Å². The zero-order chi connectivity index (χ0) is 23.3. The lowest BCUT2D eigenvalue weighted by molar-refractivity contribution is -0.129. The Morgan fingerprint density at radius 2 is 2.00 bits per heavy atom. The number of nitrogens with zero attached hydrogens (tertiary/aromatic N) is 3. The molecular formula is C23H27F3N4O2. The number of aliphatic imine (C=N–C) groups is 1. The second kappa shape index (κ2) is 13.3. The van der Waals surface area contributed by atoms with E-state index < -0.39 is 12.4 Å². The van der Waals surface area contributed by atoms with Crippen LogP contribution in [0.2, 0.25) is 0 Å². The van der Waals surface area contributed by atoms with Crippen LogP contribution in [0.1, 0.15) is 47.2 Å². The third-order valence-electron chi connectivity index (χ3n) is 4.62. The number of carbonyl (C=O) groups is 1. The Bertz CT molecular complexity index is 921. The predicted molar refractivity (Wildman–Crippen MR) is 118 cm³/mol. The van der Waals surface area contributed by atoms with Crippen molar-refractivity contribution in [2.24, 2.45) is 10.7 Å². The Morgan fingerprint density at radius 3 is 2.69 bits per heavy atom. The van der Waals surface area contributed by atoms with E-state index in [2.05, 4.69) is 14.7 Å². The van der Waals surface area contributed by atoms with Gasteiger partial charge in [0.05, 0.1) is 12.2 Å². The third-order valence-corrected chi connectivity index (χ3v) is 4.62. The van der Waals surface area contributed by atoms with Gasteiger partial charge in [0.1, 0.15) is 11.7 Å². The normalized spacial score (nSPS) is 12.0. The Balaban J connectivity index is 1.99. The van der Waals surface area contributed by atoms with Gasteiger partial charge < -0.3 is 15.4 Å². The van der Waals surface area contributed by atoms with E-state index in [1.165, 1.54) is 6.07 Å². The largest absolute Gasteiger partial charge is 0.383 e. The van der Waals surface area contributed by atoms with E-state index in [-0.39, 0.29) is 23.6 Å². The molecule has 0 aliphatic heterocycles. The average Bonchev–Trinajstić information content (AvgIpc) is 2.77. The molecule has 172 valence electrons. The fourth-order valence-electron chi connectivity index (χ4n) is 2.92. The van der Waals surface area contributed by atoms with E-state index in [1.807, 2.05) is 11.9 Å². The molecule has 0 amide bonds. The van der Waals surface area contributed by atoms with Crippen molar-refractivity contribution < 1.29 is 22.7 Å². The zero-order valence-electron chi connectivity index (χ0n) is 17.9. The number of carbonyl (C=O) groups excluding carboxylic acids is 1. The number of aromatic nitrogens is 1. The molecule has 0 unspecified atom stereocenters. The molecule has 0 atom stereocenters. The summed E-state index contributed by atoms with van der Waals surface area (Å²) < 4.78 is 42.5. The third kappa shape index (κ3) is 8.50. The van der Waals surface area contributed by atoms with E-state index >= 15 is 0 Å². The van der Waals surface area contributed by atoms with Crippen molar-refractivity contribution >= 4 is 24.0 Å². The summed E-state index contributed by atoms with van der Waals surface area (Å²) in [5, 5.41) is 0. The standard InChI is InChI=1S/C23H27F3N4O2/c1-30(11-6-2-3-7-13-32-23(25)26)12-9-17-14-19(20(24)15-18(17)16-31)22(27)29-21-8-4-5-10-28-21/h4-5,8-10,12,14-16,23H,2-3,6-7,11,13H2,1H3,(H2,27,28,29)/b12-9-. The molecule has 2 N–H and O–H groups in total. The number of aldehydes is 1. The van der Waals surface area contributed by atoms with Gasteiger partial charge in [0.25, 0.3) is 0 Å². The highest BCUT2D eigenvalue weighted by Gasteiger charge is 2.12. The lowest BCUT2D eigenvalue weighted by Gasteiger charge is -2.14. The van der Waals surface area contributed by atoms with Crippen LogP contribution >= 0.6 is 0 Å². The molecule has 1 aromatic carbocycles. The van der Waals surface area contributed by atoms with Crippen LogP contribution in [0.3, 0.4) is 0 Å². The molecule has 0 radical (unpaired) electrons. The van der Waals surface area contributed by atoms with Crippen LogP contribution in [-0.4, -0.2) is 48.8 Å². The van der Waals surface area contributed by atoms with Crippen molar-refractivity contribution in [2.45, 2.75) is 32.3 Å². The molecule has 32 heavy (non-hydrogen) atoms. The molecule has 6 nitrogen and oxygen atoms in total. The smallest absolute Gasteiger partial charge is 0.345 e. The van der Waals surface area contributed by atoms with Crippen molar-refractivity contribution in [1.29, 1.82) is 0 Å². The van der Waals surface area contributed by atoms with Crippen molar-refractivity contribution in [2.75, 3.05) is 20.2 Å². The van der Waals surface area contributed by atoms with Crippen molar-refractivity contribution in [1.82, 2.24) is 9.88 Å². The van der Waals surface area contributed by atoms with Crippen LogP contribution in [0.5, 0.6) is 0 Å². The molecule has 0 fully saturated rings. The SMILES string of the molecule is CN(/C=C\c1cc(C(N)=Nc2ccccn2)c(F)cc1C=O)CCCCCCOC(F)F. The maximum atomic E-state index is 14.5. The van der Waals surface area contributed by atoms with Gasteiger partial charge in [-0.1, -0.05) is 18.9 Å². The summed E-state index contributed by atoms with van der Waals surface area (Å²) >= 11 is 0. The molecule has 0 saturated carbocycles. The molecule has 0 aliphatic carbocycles. The number of unbranched alkanes of at least 4 members (excludes halogenated alkanes) is 3. The molecule has 0 bridgehead atoms. The molecule has 0 aliphatic rings. The van der Waals surface area contributed by atoms with Gasteiger partial charge in [-0.3, -0.25) is 4.79 Å². The van der Waals surface area contributed by atoms with Crippen LogP contribution in [0.4, 0.5) is 19.0 Å². The zero-order valence-corrected chi connectivity index (χ0v) is 17.9. The van der Waals surface area contributed by atoms with E-state index in [4.69, 9.17) is 5.73 Å². The van der Waals surface area contributed by atoms with Gasteiger partial charge in [-0.15, -0.1) is 0 Å². The average molecular weight is 448 g/mol. The summed E-state index contributed by atoms with van der Waals surface area (Å²) in [6, 6.07) is 7.73. The van der Waals surface area contributed by atoms with Crippen LogP contribution in [0.15, 0.2) is 47.7 Å². The van der Waals surface area contributed by atoms with Gasteiger partial charge in [-0.05, 0) is 54.9 Å². The van der Waals surface area contributed by atoms with Gasteiger partial charge in [-0.25, -0.2) is 14.4 Å². The molecule has 0 spiro atoms. The van der Waals surface area contributed by atoms with Crippen molar-refractivity contribution in [3.8, 4) is 0 Å². The quantitative estimate of drug-likeness (QED) is 0.207. The number of alkyl halides is 2. The first kappa shape index (κ1) is 25.1. The van der Waals surface area contributed by atoms with Crippen LogP contribution in [0, 0.1) is 5.82 Å². The monoisotopic (exact) mass is 448 g/mol. The Labute approximate surface area is 185 Å². The first-order valence-electron chi connectivity index (χ1n) is 10.2. The molecule has 1 heterocycles. The van der Waals surface area contributed by atoms with Crippen LogP contribution in [0.25, 0.3) is 6.08 Å². The van der Waals surface area contributed by atoms with E-state index in [1.54, 1.807) is 36.7 Å². The number of hydrogen-bond acceptors (Lipinski definition) is 5. The number of pyridine rings is 1. The van der Waals surface area contributed by atoms with Crippen LogP contribution in [-0.2, 0) is 4.74 Å². The number of rotatable bonds is 13. The van der Waals surface area contributed by atoms with E-state index in [9.17, 15) is 18.0 Å². The minimum absolute atomic E-state index is 0.0440. The summed E-state index contributed by atoms with van der Waals surface area (Å²) in [6.07, 6.45) is 8.77. The number of benzene rings is 1. The van der Waals surface area contributed by atoms with Crippen LogP contribution < -0.4 is 5.73 Å². The highest BCUT2D eigenvalue weighted by molar-refractivity contribution is 6.00. The molecule has 2 rings (SSSR count). The second-order valence-electron chi connectivity index (χ2n) is 7.11. The summed E-state index contributed by atoms with van der Waals surface area (Å²) in [5.41, 5.74) is 6.75. The second-order valence-corrected chi connectivity index (χ2v) is 7.11. The first-order valence-corrected chi connectivity index (χ1v) is 10.2. The fraction of sp³-hybridized carbons (Fsp3) is 0.348. The minimum Gasteiger partial charge on any atom is -0.383 e. The molecule has 1 aromatic heterocycles. The van der Waals surface area contributed by atoms with Gasteiger partial charge in [0, 0.05) is 25.4 Å². The number of hydrogen-bond donors (Lipinski definition) is 1. The highest BCUT2D eigenvalue weighted by Crippen LogP contribution is 2.18. The minimum atomic E-state index is -2.72. The number of nitrogens with two attached hydrogens (primary N) is 1. The van der Waals surface area contributed by atoms with Gasteiger partial charge in [0.2, 0.25) is 0 Å². The predicted octanol–water partition coefficient (Wildman–Crippen LogP) is 4.77. The number of ether oxygens (including phenoxy) is 1. The maximum absolute atomic E-state index is 14.5. The lowest BCUT2D eigenvalue weighted by atomic mass is 10.0. The number of halogens is 3. The fourth-order valence-corrected chi connectivity index (χ4v) is 2.92. The summed E-state index contributed by atoms with van der Waals surface area (Å²) in [6.45, 7) is -1.92. The summed E-state index contributed by atoms with van der Waals surface area (Å²) in [4.78, 5) is 21.5. The van der Waals surface area contributed by atoms with Crippen molar-refractivity contribution in [3.05, 3.63) is 65.2 Å². The molecule has 9 heteroatoms. The lowest BCUT2D eigenvalue weighted by Crippen LogP contribution is -2.16. The van der Waals surface area contributed by atoms with Gasteiger partial charge >= 0.3 is 6.61 Å². The molecular weight excluding hydrogens is 421 g/mol. The van der Waals surface area contributed by atoms with E-state index in [0.29, 0.717) is 24.1 Å². The van der Waals surface area contributed by atoms with Gasteiger partial charge in [-0.2, -0.15) is 8.78 Å². The molecule has 0 saturated heterocycles. The Kier molecular flexibility index (Phi) is 10.4. The highest BCUT2D eigenvalue weighted by atomic mass is 19.3. The first-order chi connectivity index (χ1) is 15.4. The topological polar surface area (TPSA) is 80.8 Å². The maximum Gasteiger partial charge on any atom is 0.345 e. The Morgan fingerprint density at radius 1 is 1.22 bits per heavy atom. The summed E-state index contributed by atoms with van der Waals surface area (Å²) in [7, 11) is 1.87.